The van der Waals surface area contributed by atoms with Gasteiger partial charge in [0.05, 0.1) is 16.7 Å². The summed E-state index contributed by atoms with van der Waals surface area (Å²) < 4.78 is 0. The average Bonchev–Trinajstić information content (AvgIpc) is 2.85. The first-order chi connectivity index (χ1) is 7.70. The number of thiazole rings is 1. The highest BCUT2D eigenvalue weighted by Gasteiger charge is 2.16. The van der Waals surface area contributed by atoms with Crippen molar-refractivity contribution in [1.82, 2.24) is 10.4 Å². The molecule has 1 unspecified atom stereocenters. The van der Waals surface area contributed by atoms with Crippen molar-refractivity contribution in [2.45, 2.75) is 26.3 Å². The van der Waals surface area contributed by atoms with Crippen LogP contribution in [0.3, 0.4) is 0 Å². The maximum Gasteiger partial charge on any atom is 0.0900 e. The summed E-state index contributed by atoms with van der Waals surface area (Å²) in [5.41, 5.74) is 3.97. The zero-order chi connectivity index (χ0) is 11.5. The van der Waals surface area contributed by atoms with E-state index in [9.17, 15) is 0 Å². The third-order valence-electron chi connectivity index (χ3n) is 2.44. The Bertz CT molecular complexity index is 448. The van der Waals surface area contributed by atoms with Crippen molar-refractivity contribution in [3.63, 3.8) is 0 Å². The van der Waals surface area contributed by atoms with E-state index < -0.39 is 0 Å². The molecule has 0 spiro atoms. The van der Waals surface area contributed by atoms with E-state index in [1.165, 1.54) is 9.75 Å². The van der Waals surface area contributed by atoms with E-state index in [1.54, 1.807) is 22.7 Å². The smallest absolute Gasteiger partial charge is 0.0900 e. The molecular formula is C11H15N3S2. The van der Waals surface area contributed by atoms with Crippen molar-refractivity contribution < 1.29 is 0 Å². The summed E-state index contributed by atoms with van der Waals surface area (Å²) in [7, 11) is 0. The first-order valence-corrected chi connectivity index (χ1v) is 6.82. The van der Waals surface area contributed by atoms with Gasteiger partial charge < -0.3 is 0 Å². The van der Waals surface area contributed by atoms with E-state index in [4.69, 9.17) is 5.84 Å². The predicted octanol–water partition coefficient (Wildman–Crippen LogP) is 2.57. The number of nitrogens with two attached hydrogens (primary N) is 1. The molecule has 0 amide bonds. The number of aromatic nitrogens is 1. The van der Waals surface area contributed by atoms with E-state index in [1.807, 2.05) is 13.8 Å². The van der Waals surface area contributed by atoms with Crippen LogP contribution in [0.1, 0.15) is 26.5 Å². The molecule has 0 fully saturated rings. The largest absolute Gasteiger partial charge is 0.271 e. The molecule has 0 saturated carbocycles. The molecule has 0 radical (unpaired) electrons. The fourth-order valence-electron chi connectivity index (χ4n) is 1.73. The van der Waals surface area contributed by atoms with Gasteiger partial charge in [-0.15, -0.1) is 22.7 Å². The second-order valence-electron chi connectivity index (χ2n) is 3.69. The molecule has 5 heteroatoms. The van der Waals surface area contributed by atoms with Gasteiger partial charge in [0, 0.05) is 16.2 Å². The van der Waals surface area contributed by atoms with Crippen LogP contribution < -0.4 is 11.3 Å². The normalized spacial score (nSPS) is 12.9. The number of rotatable bonds is 4. The van der Waals surface area contributed by atoms with Gasteiger partial charge in [-0.2, -0.15) is 0 Å². The van der Waals surface area contributed by atoms with Gasteiger partial charge in [0.1, 0.15) is 0 Å². The van der Waals surface area contributed by atoms with E-state index in [0.717, 1.165) is 17.1 Å². The zero-order valence-electron chi connectivity index (χ0n) is 9.36. The second kappa shape index (κ2) is 5.05. The third-order valence-corrected chi connectivity index (χ3v) is 4.53. The summed E-state index contributed by atoms with van der Waals surface area (Å²) in [4.78, 5) is 7.02. The highest BCUT2D eigenvalue weighted by Crippen LogP contribution is 2.28. The fourth-order valence-corrected chi connectivity index (χ4v) is 3.47. The molecule has 2 aromatic heterocycles. The lowest BCUT2D eigenvalue weighted by molar-refractivity contribution is 0.561. The minimum absolute atomic E-state index is 0.171. The molecule has 0 aliphatic carbocycles. The highest BCUT2D eigenvalue weighted by molar-refractivity contribution is 7.11. The SMILES string of the molecule is Cc1nc(C)c(C(Cc2cccs2)NN)s1. The fraction of sp³-hybridized carbons (Fsp3) is 0.364. The van der Waals surface area contributed by atoms with E-state index >= 15 is 0 Å². The molecule has 3 N–H and O–H groups in total. The van der Waals surface area contributed by atoms with Gasteiger partial charge in [-0.3, -0.25) is 11.3 Å². The van der Waals surface area contributed by atoms with Crippen LogP contribution in [0.5, 0.6) is 0 Å². The van der Waals surface area contributed by atoms with Crippen LogP contribution >= 0.6 is 22.7 Å². The summed E-state index contributed by atoms with van der Waals surface area (Å²) in [5, 5.41) is 3.19. The van der Waals surface area contributed by atoms with E-state index in [0.29, 0.717) is 0 Å². The molecule has 0 saturated heterocycles. The molecule has 16 heavy (non-hydrogen) atoms. The molecule has 2 rings (SSSR count). The Balaban J connectivity index is 2.19. The second-order valence-corrected chi connectivity index (χ2v) is 5.95. The van der Waals surface area contributed by atoms with Gasteiger partial charge in [-0.1, -0.05) is 6.07 Å². The van der Waals surface area contributed by atoms with Gasteiger partial charge in [-0.25, -0.2) is 4.98 Å². The van der Waals surface area contributed by atoms with Crippen molar-refractivity contribution in [2.24, 2.45) is 5.84 Å². The van der Waals surface area contributed by atoms with Gasteiger partial charge in [-0.05, 0) is 25.3 Å². The topological polar surface area (TPSA) is 50.9 Å². The molecule has 0 aromatic carbocycles. The van der Waals surface area contributed by atoms with Gasteiger partial charge in [0.15, 0.2) is 0 Å². The van der Waals surface area contributed by atoms with Crippen molar-refractivity contribution in [3.8, 4) is 0 Å². The lowest BCUT2D eigenvalue weighted by Gasteiger charge is -2.13. The maximum absolute atomic E-state index is 5.63. The van der Waals surface area contributed by atoms with Gasteiger partial charge in [0.25, 0.3) is 0 Å². The molecule has 3 nitrogen and oxygen atoms in total. The molecule has 1 atom stereocenters. The van der Waals surface area contributed by atoms with Crippen molar-refractivity contribution in [3.05, 3.63) is 38.0 Å². The predicted molar refractivity (Wildman–Crippen MR) is 69.7 cm³/mol. The summed E-state index contributed by atoms with van der Waals surface area (Å²) >= 11 is 3.48. The van der Waals surface area contributed by atoms with Crippen LogP contribution in [-0.4, -0.2) is 4.98 Å². The summed E-state index contributed by atoms with van der Waals surface area (Å²) in [6.07, 6.45) is 0.927. The summed E-state index contributed by atoms with van der Waals surface area (Å²) in [6.45, 7) is 4.07. The maximum atomic E-state index is 5.63. The zero-order valence-corrected chi connectivity index (χ0v) is 11.0. The van der Waals surface area contributed by atoms with Crippen LogP contribution in [0.2, 0.25) is 0 Å². The molecule has 2 heterocycles. The highest BCUT2D eigenvalue weighted by atomic mass is 32.1. The average molecular weight is 253 g/mol. The summed E-state index contributed by atoms with van der Waals surface area (Å²) in [5.74, 6) is 5.63. The number of hydrogen-bond donors (Lipinski definition) is 2. The van der Waals surface area contributed by atoms with Crippen LogP contribution in [0.25, 0.3) is 0 Å². The molecule has 86 valence electrons. The number of thiophene rings is 1. The minimum atomic E-state index is 0.171. The van der Waals surface area contributed by atoms with Crippen LogP contribution in [0, 0.1) is 13.8 Å². The molecule has 0 bridgehead atoms. The lowest BCUT2D eigenvalue weighted by Crippen LogP contribution is -2.29. The van der Waals surface area contributed by atoms with E-state index in [2.05, 4.69) is 27.9 Å². The number of nitrogens with one attached hydrogen (secondary N) is 1. The van der Waals surface area contributed by atoms with Gasteiger partial charge >= 0.3 is 0 Å². The van der Waals surface area contributed by atoms with Crippen LogP contribution in [0.4, 0.5) is 0 Å². The van der Waals surface area contributed by atoms with Crippen molar-refractivity contribution >= 4 is 22.7 Å². The summed E-state index contributed by atoms with van der Waals surface area (Å²) in [6, 6.07) is 4.38. The third kappa shape index (κ3) is 2.49. The van der Waals surface area contributed by atoms with Crippen LogP contribution in [0.15, 0.2) is 17.5 Å². The van der Waals surface area contributed by atoms with Gasteiger partial charge in [0.2, 0.25) is 0 Å². The Morgan fingerprint density at radius 3 is 2.81 bits per heavy atom. The first-order valence-electron chi connectivity index (χ1n) is 5.13. The molecule has 0 aliphatic rings. The number of aryl methyl sites for hydroxylation is 2. The van der Waals surface area contributed by atoms with Crippen molar-refractivity contribution in [1.29, 1.82) is 0 Å². The Kier molecular flexibility index (Phi) is 3.70. The Morgan fingerprint density at radius 2 is 2.31 bits per heavy atom. The number of hydrogen-bond acceptors (Lipinski definition) is 5. The number of hydrazine groups is 1. The molecular weight excluding hydrogens is 238 g/mol. The minimum Gasteiger partial charge on any atom is -0.271 e. The standard InChI is InChI=1S/C11H15N3S2/c1-7-11(16-8(2)13-7)10(14-12)6-9-4-3-5-15-9/h3-5,10,14H,6,12H2,1-2H3. The van der Waals surface area contributed by atoms with E-state index in [-0.39, 0.29) is 6.04 Å². The molecule has 0 aliphatic heterocycles. The Hall–Kier alpha value is -0.750. The quantitative estimate of drug-likeness (QED) is 0.650. The number of nitrogens with zero attached hydrogens (tertiary/aromatic N) is 1. The van der Waals surface area contributed by atoms with Crippen molar-refractivity contribution in [2.75, 3.05) is 0 Å². The van der Waals surface area contributed by atoms with Crippen LogP contribution in [-0.2, 0) is 6.42 Å². The Morgan fingerprint density at radius 1 is 1.50 bits per heavy atom. The first kappa shape index (κ1) is 11.7. The molecule has 2 aromatic rings. The Labute approximate surface area is 103 Å². The lowest BCUT2D eigenvalue weighted by atomic mass is 10.1. The monoisotopic (exact) mass is 253 g/mol.